The van der Waals surface area contributed by atoms with Gasteiger partial charge in [-0.2, -0.15) is 0 Å². The maximum atomic E-state index is 14.9. The first kappa shape index (κ1) is 46.4. The molecule has 0 atom stereocenters. The van der Waals surface area contributed by atoms with E-state index in [-0.39, 0.29) is 11.6 Å². The molecule has 2 saturated carbocycles. The van der Waals surface area contributed by atoms with E-state index >= 15 is 0 Å². The van der Waals surface area contributed by atoms with E-state index in [4.69, 9.17) is 8.83 Å². The van der Waals surface area contributed by atoms with E-state index in [2.05, 4.69) is 132 Å². The van der Waals surface area contributed by atoms with Crippen molar-refractivity contribution in [1.82, 2.24) is 0 Å². The molecule has 2 fully saturated rings. The van der Waals surface area contributed by atoms with Crippen molar-refractivity contribution in [3.63, 3.8) is 0 Å². The lowest BCUT2D eigenvalue weighted by Gasteiger charge is -2.29. The van der Waals surface area contributed by atoms with Crippen molar-refractivity contribution in [3.8, 4) is 0 Å². The first-order valence-corrected chi connectivity index (χ1v) is 26.6. The van der Waals surface area contributed by atoms with Gasteiger partial charge in [0.1, 0.15) is 23.0 Å². The molecule has 6 heteroatoms. The number of para-hydroxylation sites is 3. The van der Waals surface area contributed by atoms with Crippen LogP contribution in [0.2, 0.25) is 0 Å². The molecule has 0 spiro atoms. The minimum atomic E-state index is -0.303. The lowest BCUT2D eigenvalue weighted by Crippen LogP contribution is -2.12. The van der Waals surface area contributed by atoms with Crippen LogP contribution in [0.4, 0.5) is 42.9 Å². The number of rotatable bonds is 10. The van der Waals surface area contributed by atoms with Crippen LogP contribution >= 0.6 is 0 Å². The molecule has 13 rings (SSSR count). The number of benzene rings is 9. The van der Waals surface area contributed by atoms with E-state index in [1.807, 2.05) is 45.0 Å². The molecule has 0 N–H and O–H groups in total. The largest absolute Gasteiger partial charge is 0.454 e. The van der Waals surface area contributed by atoms with Crippen molar-refractivity contribution >= 4 is 111 Å². The Morgan fingerprint density at radius 1 is 0.493 bits per heavy atom. The molecule has 2 aliphatic carbocycles. The first-order valence-electron chi connectivity index (χ1n) is 26.6. The van der Waals surface area contributed by atoms with Gasteiger partial charge in [-0.05, 0) is 150 Å². The van der Waals surface area contributed by atoms with E-state index < -0.39 is 0 Å². The number of hydrogen-bond acceptors (Lipinski definition) is 4. The van der Waals surface area contributed by atoms with E-state index in [1.165, 1.54) is 81.2 Å². The van der Waals surface area contributed by atoms with E-state index in [0.717, 1.165) is 129 Å². The SMILES string of the molecule is C=C(c1oc2c(N(c3ccc(F)cc3)c3ccc4ccc5c(N(c6ccc(F)cc6)c6cccc7c6oc6c(C8CCCCC8)cccc67)ccc6ccc3c4c65)cccc2c1/C=C\C)C1CCCCC1.CC. The molecule has 73 heavy (non-hydrogen) atoms. The number of allylic oxidation sites excluding steroid dienone is 2. The average molecular weight is 963 g/mol. The number of hydrogen-bond donors (Lipinski definition) is 0. The number of fused-ring (bicyclic) bond motifs is 4. The van der Waals surface area contributed by atoms with E-state index in [1.54, 1.807) is 0 Å². The summed E-state index contributed by atoms with van der Waals surface area (Å²) >= 11 is 0. The molecule has 0 aliphatic heterocycles. The van der Waals surface area contributed by atoms with Crippen LogP contribution in [-0.2, 0) is 0 Å². The highest BCUT2D eigenvalue weighted by Crippen LogP contribution is 2.51. The lowest BCUT2D eigenvalue weighted by atomic mass is 9.82. The Balaban J connectivity index is 0.00000268. The van der Waals surface area contributed by atoms with Crippen molar-refractivity contribution in [2.24, 2.45) is 5.92 Å². The molecule has 11 aromatic rings. The molecular formula is C67H60F2N2O2. The predicted molar refractivity (Wildman–Crippen MR) is 304 cm³/mol. The van der Waals surface area contributed by atoms with Crippen LogP contribution in [0.1, 0.15) is 108 Å². The molecule has 4 nitrogen and oxygen atoms in total. The second kappa shape index (κ2) is 19.4. The highest BCUT2D eigenvalue weighted by molar-refractivity contribution is 6.28. The van der Waals surface area contributed by atoms with Gasteiger partial charge in [0, 0.05) is 43.9 Å². The van der Waals surface area contributed by atoms with Gasteiger partial charge >= 0.3 is 0 Å². The van der Waals surface area contributed by atoms with Gasteiger partial charge in [-0.3, -0.25) is 0 Å². The monoisotopic (exact) mass is 962 g/mol. The third kappa shape index (κ3) is 7.94. The number of furan rings is 2. The van der Waals surface area contributed by atoms with Crippen LogP contribution in [0.3, 0.4) is 0 Å². The fourth-order valence-electron chi connectivity index (χ4n) is 12.4. The standard InChI is InChI=1S/C65H54F2N2O2.C2H6/c1-3-13-50-52-20-11-22-58(64(52)70-62(50)40(2)41-14-6-4-7-15-41)68(47-32-28-45(66)29-33-47)56-38-26-43-25-37-55-57(39-27-44-24-36-54(56)60(43)61(44)55)69(48-34-30-46(67)31-35-48)59-23-12-21-53-51-19-10-18-49(63(51)71-65(53)59)42-16-8-5-9-17-42;1-2/h3,10-13,18-39,41-42H,2,4-9,14-17H2,1H3;1-2H3/b13-3-;. The summed E-state index contributed by atoms with van der Waals surface area (Å²) in [5, 5.41) is 9.67. The molecule has 2 aromatic heterocycles. The molecular weight excluding hydrogens is 903 g/mol. The number of nitrogens with zero attached hydrogens (tertiary/aromatic N) is 2. The number of halogens is 2. The molecule has 364 valence electrons. The zero-order chi connectivity index (χ0) is 49.7. The first-order chi connectivity index (χ1) is 35.9. The summed E-state index contributed by atoms with van der Waals surface area (Å²) in [4.78, 5) is 4.46. The Bertz CT molecular complexity index is 3850. The molecule has 0 bridgehead atoms. The Labute approximate surface area is 426 Å². The maximum absolute atomic E-state index is 14.9. The van der Waals surface area contributed by atoms with Crippen molar-refractivity contribution in [2.45, 2.75) is 90.9 Å². The van der Waals surface area contributed by atoms with Crippen LogP contribution in [-0.4, -0.2) is 0 Å². The Morgan fingerprint density at radius 3 is 1.52 bits per heavy atom. The molecule has 0 amide bonds. The zero-order valence-electron chi connectivity index (χ0n) is 42.0. The van der Waals surface area contributed by atoms with Crippen LogP contribution in [0, 0.1) is 17.6 Å². The molecule has 9 aromatic carbocycles. The quantitative estimate of drug-likeness (QED) is 0.128. The summed E-state index contributed by atoms with van der Waals surface area (Å²) in [5.41, 5.74) is 11.1. The van der Waals surface area contributed by atoms with Gasteiger partial charge in [0.25, 0.3) is 0 Å². The predicted octanol–water partition coefficient (Wildman–Crippen LogP) is 21.1. The van der Waals surface area contributed by atoms with Crippen LogP contribution in [0.15, 0.2) is 173 Å². The third-order valence-electron chi connectivity index (χ3n) is 15.8. The smallest absolute Gasteiger partial charge is 0.159 e. The summed E-state index contributed by atoms with van der Waals surface area (Å²) in [6.45, 7) is 10.7. The highest BCUT2D eigenvalue weighted by Gasteiger charge is 2.29. The van der Waals surface area contributed by atoms with Gasteiger partial charge in [0.2, 0.25) is 0 Å². The molecule has 2 aliphatic rings. The van der Waals surface area contributed by atoms with Crippen molar-refractivity contribution < 1.29 is 17.6 Å². The Kier molecular flexibility index (Phi) is 12.3. The van der Waals surface area contributed by atoms with Gasteiger partial charge in [-0.25, -0.2) is 8.78 Å². The van der Waals surface area contributed by atoms with E-state index in [9.17, 15) is 8.78 Å². The summed E-state index contributed by atoms with van der Waals surface area (Å²) in [6.07, 6.45) is 16.2. The van der Waals surface area contributed by atoms with Crippen LogP contribution in [0.25, 0.3) is 76.9 Å². The van der Waals surface area contributed by atoms with Crippen LogP contribution in [0.5, 0.6) is 0 Å². The van der Waals surface area contributed by atoms with E-state index in [0.29, 0.717) is 11.8 Å². The summed E-state index contributed by atoms with van der Waals surface area (Å²) < 4.78 is 43.9. The second-order valence-electron chi connectivity index (χ2n) is 19.9. The molecule has 0 saturated heterocycles. The van der Waals surface area contributed by atoms with Crippen molar-refractivity contribution in [2.75, 3.05) is 9.80 Å². The minimum absolute atomic E-state index is 0.296. The molecule has 0 radical (unpaired) electrons. The summed E-state index contributed by atoms with van der Waals surface area (Å²) in [7, 11) is 0. The minimum Gasteiger partial charge on any atom is -0.454 e. The Hall–Kier alpha value is -7.70. The highest BCUT2D eigenvalue weighted by atomic mass is 19.1. The van der Waals surface area contributed by atoms with Gasteiger partial charge in [-0.15, -0.1) is 0 Å². The average Bonchev–Trinajstić information content (AvgIpc) is 4.02. The topological polar surface area (TPSA) is 32.8 Å². The maximum Gasteiger partial charge on any atom is 0.159 e. The fourth-order valence-corrected chi connectivity index (χ4v) is 12.4. The summed E-state index contributed by atoms with van der Waals surface area (Å²) in [5.74, 6) is 1.08. The Morgan fingerprint density at radius 2 is 0.973 bits per heavy atom. The molecule has 2 heterocycles. The van der Waals surface area contributed by atoms with Gasteiger partial charge in [0.15, 0.2) is 11.2 Å². The van der Waals surface area contributed by atoms with Gasteiger partial charge < -0.3 is 18.6 Å². The number of anilines is 6. The van der Waals surface area contributed by atoms with Crippen LogP contribution < -0.4 is 9.80 Å². The van der Waals surface area contributed by atoms with Gasteiger partial charge in [-0.1, -0.05) is 150 Å². The second-order valence-corrected chi connectivity index (χ2v) is 19.9. The molecule has 0 unspecified atom stereocenters. The normalized spacial score (nSPS) is 14.8. The zero-order valence-corrected chi connectivity index (χ0v) is 42.0. The van der Waals surface area contributed by atoms with Gasteiger partial charge in [0.05, 0.1) is 22.7 Å². The van der Waals surface area contributed by atoms with Crippen molar-refractivity contribution in [3.05, 3.63) is 193 Å². The van der Waals surface area contributed by atoms with Crippen molar-refractivity contribution in [1.29, 1.82) is 0 Å². The summed E-state index contributed by atoms with van der Waals surface area (Å²) in [6, 6.07) is 50.5. The third-order valence-corrected chi connectivity index (χ3v) is 15.8. The lowest BCUT2D eigenvalue weighted by molar-refractivity contribution is 0.423. The fraction of sp³-hybridized carbons (Fsp3) is 0.224.